The number of nitrogens with zero attached hydrogens (tertiary/aromatic N) is 3. The van der Waals surface area contributed by atoms with E-state index in [-0.39, 0.29) is 28.1 Å². The molecule has 2 aromatic heterocycles. The summed E-state index contributed by atoms with van der Waals surface area (Å²) in [6.45, 7) is 2.04. The Labute approximate surface area is 212 Å². The fourth-order valence-corrected chi connectivity index (χ4v) is 4.11. The molecule has 2 aromatic carbocycles. The van der Waals surface area contributed by atoms with Crippen molar-refractivity contribution in [1.29, 1.82) is 0 Å². The number of hydrogen-bond donors (Lipinski definition) is 1. The number of nitrogens with one attached hydrogen (secondary N) is 1. The molecule has 0 aliphatic heterocycles. The second-order valence-electron chi connectivity index (χ2n) is 8.03. The van der Waals surface area contributed by atoms with Crippen molar-refractivity contribution >= 4 is 51.6 Å². The Bertz CT molecular complexity index is 1420. The number of pyridine rings is 2. The average Bonchev–Trinajstić information content (AvgIpc) is 2.83. The van der Waals surface area contributed by atoms with E-state index in [9.17, 15) is 9.59 Å². The molecule has 0 fully saturated rings. The molecule has 0 unspecified atom stereocenters. The number of aryl methyl sites for hydroxylation is 1. The van der Waals surface area contributed by atoms with Crippen molar-refractivity contribution < 1.29 is 14.3 Å². The van der Waals surface area contributed by atoms with E-state index >= 15 is 0 Å². The van der Waals surface area contributed by atoms with Crippen molar-refractivity contribution in [3.63, 3.8) is 0 Å². The molecule has 0 aliphatic rings. The molecular weight excluding hydrogens is 487 g/mol. The third-order valence-electron chi connectivity index (χ3n) is 5.26. The van der Waals surface area contributed by atoms with Gasteiger partial charge in [0.25, 0.3) is 11.8 Å². The third-order valence-corrected chi connectivity index (χ3v) is 5.89. The topological polar surface area (TPSA) is 84.4 Å². The Morgan fingerprint density at radius 1 is 1.00 bits per heavy atom. The Hall–Kier alpha value is -3.68. The first-order valence-corrected chi connectivity index (χ1v) is 11.5. The molecule has 1 N–H and O–H groups in total. The van der Waals surface area contributed by atoms with Gasteiger partial charge in [0, 0.05) is 31.2 Å². The molecule has 0 saturated carbocycles. The monoisotopic (exact) mass is 508 g/mol. The smallest absolute Gasteiger partial charge is 0.271 e. The molecule has 0 spiro atoms. The summed E-state index contributed by atoms with van der Waals surface area (Å²) in [6, 6.07) is 15.5. The van der Waals surface area contributed by atoms with Crippen LogP contribution in [0.4, 0.5) is 5.69 Å². The van der Waals surface area contributed by atoms with Gasteiger partial charge in [-0.2, -0.15) is 0 Å². The standard InChI is InChI=1S/C26H22Cl2N4O3/c1-15-13-29-23-17(24(15)35-14-16-7-4-12-21(30-16)26(34)32(2)3)8-5-11-20(23)31-25(33)22-18(27)9-6-10-19(22)28/h4-13H,14H2,1-3H3,(H,31,33). The maximum absolute atomic E-state index is 12.9. The Morgan fingerprint density at radius 2 is 1.69 bits per heavy atom. The Balaban J connectivity index is 1.63. The number of hydrogen-bond acceptors (Lipinski definition) is 5. The zero-order valence-electron chi connectivity index (χ0n) is 19.3. The summed E-state index contributed by atoms with van der Waals surface area (Å²) in [6.07, 6.45) is 1.68. The minimum absolute atomic E-state index is 0.153. The van der Waals surface area contributed by atoms with Crippen LogP contribution in [0.15, 0.2) is 60.8 Å². The molecule has 0 bridgehead atoms. The number of amides is 2. The van der Waals surface area contributed by atoms with Crippen LogP contribution in [-0.2, 0) is 6.61 Å². The van der Waals surface area contributed by atoms with E-state index in [4.69, 9.17) is 27.9 Å². The van der Waals surface area contributed by atoms with E-state index in [2.05, 4.69) is 15.3 Å². The highest BCUT2D eigenvalue weighted by Gasteiger charge is 2.18. The summed E-state index contributed by atoms with van der Waals surface area (Å²) in [5, 5.41) is 4.08. The Morgan fingerprint density at radius 3 is 2.40 bits per heavy atom. The van der Waals surface area contributed by atoms with E-state index in [0.717, 1.165) is 5.56 Å². The van der Waals surface area contributed by atoms with E-state index in [1.165, 1.54) is 4.90 Å². The highest BCUT2D eigenvalue weighted by Crippen LogP contribution is 2.33. The first-order valence-electron chi connectivity index (χ1n) is 10.7. The van der Waals surface area contributed by atoms with Crippen LogP contribution >= 0.6 is 23.2 Å². The van der Waals surface area contributed by atoms with Gasteiger partial charge in [0.15, 0.2) is 0 Å². The van der Waals surface area contributed by atoms with Crippen molar-refractivity contribution in [2.75, 3.05) is 19.4 Å². The maximum atomic E-state index is 12.9. The lowest BCUT2D eigenvalue weighted by molar-refractivity contribution is 0.0821. The van der Waals surface area contributed by atoms with Crippen LogP contribution < -0.4 is 10.1 Å². The normalized spacial score (nSPS) is 10.8. The van der Waals surface area contributed by atoms with Crippen molar-refractivity contribution in [3.8, 4) is 5.75 Å². The van der Waals surface area contributed by atoms with Gasteiger partial charge in [-0.05, 0) is 43.3 Å². The number of aromatic nitrogens is 2. The predicted molar refractivity (Wildman–Crippen MR) is 137 cm³/mol. The number of benzene rings is 2. The van der Waals surface area contributed by atoms with Crippen LogP contribution in [0.1, 0.15) is 32.1 Å². The van der Waals surface area contributed by atoms with Crippen LogP contribution in [0.2, 0.25) is 10.0 Å². The van der Waals surface area contributed by atoms with Crippen molar-refractivity contribution in [1.82, 2.24) is 14.9 Å². The van der Waals surface area contributed by atoms with Gasteiger partial charge in [0.2, 0.25) is 0 Å². The number of para-hydroxylation sites is 1. The van der Waals surface area contributed by atoms with Crippen molar-refractivity contribution in [3.05, 3.63) is 93.4 Å². The fraction of sp³-hybridized carbons (Fsp3) is 0.154. The van der Waals surface area contributed by atoms with E-state index in [1.54, 1.807) is 68.8 Å². The zero-order valence-corrected chi connectivity index (χ0v) is 20.8. The number of halogens is 2. The lowest BCUT2D eigenvalue weighted by atomic mass is 10.1. The lowest BCUT2D eigenvalue weighted by Crippen LogP contribution is -2.23. The molecule has 7 nitrogen and oxygen atoms in total. The number of carbonyl (C=O) groups excluding carboxylic acids is 2. The molecule has 35 heavy (non-hydrogen) atoms. The quantitative estimate of drug-likeness (QED) is 0.356. The van der Waals surface area contributed by atoms with Gasteiger partial charge < -0.3 is 15.0 Å². The predicted octanol–water partition coefficient (Wildman–Crippen LogP) is 5.78. The highest BCUT2D eigenvalue weighted by atomic mass is 35.5. The van der Waals surface area contributed by atoms with Crippen LogP contribution in [-0.4, -0.2) is 40.8 Å². The van der Waals surface area contributed by atoms with Gasteiger partial charge in [0.1, 0.15) is 18.1 Å². The summed E-state index contributed by atoms with van der Waals surface area (Å²) < 4.78 is 6.13. The number of carbonyl (C=O) groups is 2. The minimum Gasteiger partial charge on any atom is -0.486 e. The minimum atomic E-state index is -0.440. The first-order chi connectivity index (χ1) is 16.8. The van der Waals surface area contributed by atoms with Crippen LogP contribution in [0.3, 0.4) is 0 Å². The number of fused-ring (bicyclic) bond motifs is 1. The fourth-order valence-electron chi connectivity index (χ4n) is 3.54. The second-order valence-corrected chi connectivity index (χ2v) is 8.84. The Kier molecular flexibility index (Phi) is 7.19. The van der Waals surface area contributed by atoms with Gasteiger partial charge in [-0.1, -0.05) is 41.4 Å². The van der Waals surface area contributed by atoms with Crippen LogP contribution in [0.25, 0.3) is 10.9 Å². The molecular formula is C26H22Cl2N4O3. The SMILES string of the molecule is Cc1cnc2c(NC(=O)c3c(Cl)cccc3Cl)cccc2c1OCc1cccc(C(=O)N(C)C)n1. The summed E-state index contributed by atoms with van der Waals surface area (Å²) in [5.41, 5.74) is 3.00. The summed E-state index contributed by atoms with van der Waals surface area (Å²) in [5.74, 6) is -0.0195. The molecule has 4 rings (SSSR count). The second kappa shape index (κ2) is 10.3. The van der Waals surface area contributed by atoms with Crippen LogP contribution in [0.5, 0.6) is 5.75 Å². The van der Waals surface area contributed by atoms with Gasteiger partial charge in [-0.15, -0.1) is 0 Å². The molecule has 2 heterocycles. The molecule has 0 atom stereocenters. The lowest BCUT2D eigenvalue weighted by Gasteiger charge is -2.15. The maximum Gasteiger partial charge on any atom is 0.271 e. The molecule has 0 saturated heterocycles. The van der Waals surface area contributed by atoms with Gasteiger partial charge in [-0.25, -0.2) is 4.98 Å². The number of anilines is 1. The molecule has 0 aliphatic carbocycles. The summed E-state index contributed by atoms with van der Waals surface area (Å²) >= 11 is 12.4. The molecule has 9 heteroatoms. The van der Waals surface area contributed by atoms with E-state index in [1.807, 2.05) is 13.0 Å². The third kappa shape index (κ3) is 5.21. The van der Waals surface area contributed by atoms with Crippen molar-refractivity contribution in [2.24, 2.45) is 0 Å². The number of rotatable bonds is 6. The molecule has 0 radical (unpaired) electrons. The van der Waals surface area contributed by atoms with E-state index < -0.39 is 5.91 Å². The van der Waals surface area contributed by atoms with Crippen LogP contribution in [0, 0.1) is 6.92 Å². The summed E-state index contributed by atoms with van der Waals surface area (Å²) in [4.78, 5) is 35.6. The average molecular weight is 509 g/mol. The first kappa shape index (κ1) is 24.4. The molecule has 178 valence electrons. The number of ether oxygens (including phenoxy) is 1. The van der Waals surface area contributed by atoms with E-state index in [0.29, 0.717) is 33.7 Å². The largest absolute Gasteiger partial charge is 0.486 e. The van der Waals surface area contributed by atoms with Gasteiger partial charge in [-0.3, -0.25) is 14.6 Å². The molecule has 4 aromatic rings. The highest BCUT2D eigenvalue weighted by molar-refractivity contribution is 6.40. The van der Waals surface area contributed by atoms with Gasteiger partial charge in [0.05, 0.1) is 32.5 Å². The summed E-state index contributed by atoms with van der Waals surface area (Å²) in [7, 11) is 3.35. The zero-order chi connectivity index (χ0) is 25.1. The molecule has 2 amide bonds. The van der Waals surface area contributed by atoms with Crippen molar-refractivity contribution in [2.45, 2.75) is 13.5 Å². The van der Waals surface area contributed by atoms with Gasteiger partial charge >= 0.3 is 0 Å².